The largest absolute Gasteiger partial charge is 0.379 e. The molecule has 0 radical (unpaired) electrons. The number of carbonyl (C=O) groups is 1. The minimum Gasteiger partial charge on any atom is -0.379 e. The van der Waals surface area contributed by atoms with Crippen LogP contribution in [0.15, 0.2) is 54.6 Å². The molecule has 1 amide bonds. The van der Waals surface area contributed by atoms with E-state index >= 15 is 0 Å². The minimum absolute atomic E-state index is 0.0383. The van der Waals surface area contributed by atoms with Crippen molar-refractivity contribution in [3.8, 4) is 0 Å². The number of ether oxygens (including phenoxy) is 1. The zero-order valence-electron chi connectivity index (χ0n) is 14.3. The highest BCUT2D eigenvalue weighted by Crippen LogP contribution is 2.25. The van der Waals surface area contributed by atoms with Gasteiger partial charge in [0.05, 0.1) is 19.3 Å². The number of rotatable bonds is 5. The van der Waals surface area contributed by atoms with Crippen LogP contribution in [0.1, 0.15) is 28.9 Å². The fourth-order valence-electron chi connectivity index (χ4n) is 3.29. The van der Waals surface area contributed by atoms with Gasteiger partial charge in [-0.25, -0.2) is 0 Å². The highest BCUT2D eigenvalue weighted by molar-refractivity contribution is 6.30. The average Bonchev–Trinajstić information content (AvgIpc) is 2.64. The van der Waals surface area contributed by atoms with Crippen molar-refractivity contribution in [1.29, 1.82) is 0 Å². The second kappa shape index (κ2) is 8.48. The molecule has 0 aromatic heterocycles. The second-order valence-corrected chi connectivity index (χ2v) is 6.71. The lowest BCUT2D eigenvalue weighted by molar-refractivity contribution is 0.00888. The average molecular weight is 359 g/mol. The fourth-order valence-corrected chi connectivity index (χ4v) is 3.42. The van der Waals surface area contributed by atoms with Gasteiger partial charge in [-0.1, -0.05) is 41.9 Å². The molecular weight excluding hydrogens is 336 g/mol. The van der Waals surface area contributed by atoms with Crippen molar-refractivity contribution in [3.05, 3.63) is 70.7 Å². The van der Waals surface area contributed by atoms with Crippen molar-refractivity contribution in [3.63, 3.8) is 0 Å². The molecule has 1 N–H and O–H groups in total. The summed E-state index contributed by atoms with van der Waals surface area (Å²) in [4.78, 5) is 15.0. The van der Waals surface area contributed by atoms with Gasteiger partial charge in [0.25, 0.3) is 5.91 Å². The van der Waals surface area contributed by atoms with Gasteiger partial charge in [0.15, 0.2) is 0 Å². The summed E-state index contributed by atoms with van der Waals surface area (Å²) in [5.41, 5.74) is 1.82. The molecule has 0 saturated carbocycles. The van der Waals surface area contributed by atoms with E-state index in [0.29, 0.717) is 10.6 Å². The van der Waals surface area contributed by atoms with E-state index in [9.17, 15) is 4.79 Å². The molecule has 3 rings (SSSR count). The van der Waals surface area contributed by atoms with Crippen LogP contribution in [0.25, 0.3) is 0 Å². The quantitative estimate of drug-likeness (QED) is 0.889. The summed E-state index contributed by atoms with van der Waals surface area (Å²) in [6.07, 6.45) is 0. The molecule has 0 bridgehead atoms. The third-order valence-electron chi connectivity index (χ3n) is 4.52. The molecule has 1 heterocycles. The Morgan fingerprint density at radius 2 is 1.72 bits per heavy atom. The number of hydrogen-bond donors (Lipinski definition) is 1. The molecule has 2 aromatic rings. The molecule has 0 unspecified atom stereocenters. The van der Waals surface area contributed by atoms with E-state index in [4.69, 9.17) is 16.3 Å². The van der Waals surface area contributed by atoms with Gasteiger partial charge in [-0.2, -0.15) is 0 Å². The molecule has 1 aliphatic heterocycles. The Morgan fingerprint density at radius 3 is 2.36 bits per heavy atom. The highest BCUT2D eigenvalue weighted by atomic mass is 35.5. The Bertz CT molecular complexity index is 685. The molecule has 132 valence electrons. The summed E-state index contributed by atoms with van der Waals surface area (Å²) in [6, 6.07) is 17.4. The number of nitrogens with one attached hydrogen (secondary N) is 1. The molecule has 1 fully saturated rings. The molecule has 5 heteroatoms. The van der Waals surface area contributed by atoms with Gasteiger partial charge in [0, 0.05) is 29.7 Å². The maximum absolute atomic E-state index is 12.6. The Hall–Kier alpha value is -1.88. The van der Waals surface area contributed by atoms with Crippen molar-refractivity contribution in [1.82, 2.24) is 10.2 Å². The molecule has 25 heavy (non-hydrogen) atoms. The van der Waals surface area contributed by atoms with Gasteiger partial charge in [0.1, 0.15) is 0 Å². The summed E-state index contributed by atoms with van der Waals surface area (Å²) in [7, 11) is 0. The maximum Gasteiger partial charge on any atom is 0.251 e. The van der Waals surface area contributed by atoms with E-state index in [1.807, 2.05) is 18.2 Å². The van der Waals surface area contributed by atoms with Gasteiger partial charge in [-0.05, 0) is 36.8 Å². The summed E-state index contributed by atoms with van der Waals surface area (Å²) in [6.45, 7) is 5.23. The van der Waals surface area contributed by atoms with Gasteiger partial charge < -0.3 is 10.1 Å². The molecule has 4 nitrogen and oxygen atoms in total. The van der Waals surface area contributed by atoms with E-state index < -0.39 is 0 Å². The van der Waals surface area contributed by atoms with E-state index in [-0.39, 0.29) is 18.0 Å². The van der Waals surface area contributed by atoms with Gasteiger partial charge in [0.2, 0.25) is 0 Å². The molecule has 0 spiro atoms. The predicted molar refractivity (Wildman–Crippen MR) is 100.0 cm³/mol. The molecule has 1 aliphatic rings. The first-order valence-corrected chi connectivity index (χ1v) is 8.96. The van der Waals surface area contributed by atoms with Crippen LogP contribution >= 0.6 is 11.6 Å². The van der Waals surface area contributed by atoms with Gasteiger partial charge in [-0.3, -0.25) is 9.69 Å². The van der Waals surface area contributed by atoms with E-state index in [1.165, 1.54) is 5.56 Å². The molecular formula is C20H23ClN2O2. The lowest BCUT2D eigenvalue weighted by atomic mass is 9.97. The highest BCUT2D eigenvalue weighted by Gasteiger charge is 2.28. The summed E-state index contributed by atoms with van der Waals surface area (Å²) in [5, 5.41) is 3.77. The zero-order valence-corrected chi connectivity index (χ0v) is 15.1. The van der Waals surface area contributed by atoms with E-state index in [0.717, 1.165) is 26.3 Å². The summed E-state index contributed by atoms with van der Waals surface area (Å²) >= 11 is 5.90. The smallest absolute Gasteiger partial charge is 0.251 e. The van der Waals surface area contributed by atoms with Crippen LogP contribution in [0.3, 0.4) is 0 Å². The number of hydrogen-bond acceptors (Lipinski definition) is 3. The normalized spacial score (nSPS) is 17.7. The van der Waals surface area contributed by atoms with Crippen LogP contribution in [0.5, 0.6) is 0 Å². The van der Waals surface area contributed by atoms with Crippen molar-refractivity contribution < 1.29 is 9.53 Å². The number of nitrogens with zero attached hydrogens (tertiary/aromatic N) is 1. The SMILES string of the molecule is C[C@@H](NC(=O)c1ccc(Cl)cc1)[C@@H](c1ccccc1)N1CCOCC1. The lowest BCUT2D eigenvalue weighted by Gasteiger charge is -2.38. The zero-order chi connectivity index (χ0) is 17.6. The van der Waals surface area contributed by atoms with E-state index in [2.05, 4.69) is 29.3 Å². The Morgan fingerprint density at radius 1 is 1.08 bits per heavy atom. The van der Waals surface area contributed by atoms with Crippen molar-refractivity contribution >= 4 is 17.5 Å². The standard InChI is InChI=1S/C20H23ClN2O2/c1-15(22-20(24)17-7-9-18(21)10-8-17)19(16-5-3-2-4-6-16)23-11-13-25-14-12-23/h2-10,15,19H,11-14H2,1H3,(H,22,24)/t15-,19+/m1/s1. The van der Waals surface area contributed by atoms with Crippen LogP contribution < -0.4 is 5.32 Å². The Labute approximate surface area is 153 Å². The summed E-state index contributed by atoms with van der Waals surface area (Å²) in [5.74, 6) is -0.0849. The van der Waals surface area contributed by atoms with Crippen LogP contribution in [-0.2, 0) is 4.74 Å². The maximum atomic E-state index is 12.6. The van der Waals surface area contributed by atoms with Crippen molar-refractivity contribution in [2.24, 2.45) is 0 Å². The van der Waals surface area contributed by atoms with Crippen LogP contribution in [0, 0.1) is 0 Å². The molecule has 0 aliphatic carbocycles. The third kappa shape index (κ3) is 4.60. The number of carbonyl (C=O) groups excluding carboxylic acids is 1. The second-order valence-electron chi connectivity index (χ2n) is 6.27. The third-order valence-corrected chi connectivity index (χ3v) is 4.77. The predicted octanol–water partition coefficient (Wildman–Crippen LogP) is 3.53. The minimum atomic E-state index is -0.0849. The molecule has 1 saturated heterocycles. The summed E-state index contributed by atoms with van der Waals surface area (Å²) < 4.78 is 5.49. The number of morpholine rings is 1. The van der Waals surface area contributed by atoms with Gasteiger partial charge in [-0.15, -0.1) is 0 Å². The van der Waals surface area contributed by atoms with E-state index in [1.54, 1.807) is 24.3 Å². The monoisotopic (exact) mass is 358 g/mol. The van der Waals surface area contributed by atoms with Crippen molar-refractivity contribution in [2.45, 2.75) is 19.0 Å². The van der Waals surface area contributed by atoms with Crippen molar-refractivity contribution in [2.75, 3.05) is 26.3 Å². The molecule has 2 atom stereocenters. The first kappa shape index (κ1) is 17.9. The fraction of sp³-hybridized carbons (Fsp3) is 0.350. The number of amides is 1. The topological polar surface area (TPSA) is 41.6 Å². The Kier molecular flexibility index (Phi) is 6.08. The van der Waals surface area contributed by atoms with Crippen LogP contribution in [0.2, 0.25) is 5.02 Å². The first-order chi connectivity index (χ1) is 12.1. The van der Waals surface area contributed by atoms with Gasteiger partial charge >= 0.3 is 0 Å². The number of halogens is 1. The first-order valence-electron chi connectivity index (χ1n) is 8.58. The number of benzene rings is 2. The molecule has 2 aromatic carbocycles. The lowest BCUT2D eigenvalue weighted by Crippen LogP contribution is -2.48. The van der Waals surface area contributed by atoms with Crippen LogP contribution in [-0.4, -0.2) is 43.2 Å². The Balaban J connectivity index is 1.77. The van der Waals surface area contributed by atoms with Crippen LogP contribution in [0.4, 0.5) is 0 Å².